The summed E-state index contributed by atoms with van der Waals surface area (Å²) < 4.78 is 2.07. The molecule has 0 saturated carbocycles. The summed E-state index contributed by atoms with van der Waals surface area (Å²) in [6, 6.07) is 27.7. The maximum absolute atomic E-state index is 4.09. The summed E-state index contributed by atoms with van der Waals surface area (Å²) in [5.74, 6) is 0. The number of hydrogen-bond donors (Lipinski definition) is 1. The van der Waals surface area contributed by atoms with E-state index < -0.39 is 0 Å². The van der Waals surface area contributed by atoms with Crippen LogP contribution in [-0.4, -0.2) is 9.55 Å². The predicted octanol–water partition coefficient (Wildman–Crippen LogP) is 5.21. The van der Waals surface area contributed by atoms with Crippen LogP contribution in [0.25, 0.3) is 11.1 Å². The Bertz CT molecular complexity index is 942. The highest BCUT2D eigenvalue weighted by Crippen LogP contribution is 2.20. The van der Waals surface area contributed by atoms with E-state index in [1.807, 2.05) is 18.6 Å². The molecule has 3 heteroatoms. The van der Waals surface area contributed by atoms with Crippen molar-refractivity contribution >= 4 is 5.69 Å². The van der Waals surface area contributed by atoms with Crippen LogP contribution in [0.2, 0.25) is 0 Å². The van der Waals surface area contributed by atoms with Crippen LogP contribution in [0.1, 0.15) is 11.1 Å². The van der Waals surface area contributed by atoms with Crippen LogP contribution < -0.4 is 5.32 Å². The fraction of sp³-hybridized carbons (Fsp3) is 0.0870. The molecule has 0 bridgehead atoms. The SMILES string of the molecule is c1ccc(-c2ccc(CNc3cccc(Cn4ccnc4)c3)cc2)cc1. The van der Waals surface area contributed by atoms with Crippen molar-refractivity contribution in [1.82, 2.24) is 9.55 Å². The number of benzene rings is 3. The normalized spacial score (nSPS) is 10.6. The van der Waals surface area contributed by atoms with Gasteiger partial charge in [-0.2, -0.15) is 0 Å². The number of nitrogens with one attached hydrogen (secondary N) is 1. The Morgan fingerprint density at radius 1 is 0.769 bits per heavy atom. The number of hydrogen-bond acceptors (Lipinski definition) is 2. The van der Waals surface area contributed by atoms with E-state index in [0.717, 1.165) is 18.8 Å². The first-order chi connectivity index (χ1) is 12.9. The van der Waals surface area contributed by atoms with Gasteiger partial charge in [-0.05, 0) is 34.4 Å². The van der Waals surface area contributed by atoms with Gasteiger partial charge in [-0.25, -0.2) is 4.98 Å². The summed E-state index contributed by atoms with van der Waals surface area (Å²) in [6.07, 6.45) is 5.63. The molecule has 0 atom stereocenters. The first kappa shape index (κ1) is 16.2. The van der Waals surface area contributed by atoms with Crippen molar-refractivity contribution in [3.8, 4) is 11.1 Å². The Balaban J connectivity index is 1.39. The third-order valence-corrected chi connectivity index (χ3v) is 4.41. The Morgan fingerprint density at radius 2 is 1.58 bits per heavy atom. The smallest absolute Gasteiger partial charge is 0.0949 e. The quantitative estimate of drug-likeness (QED) is 0.522. The summed E-state index contributed by atoms with van der Waals surface area (Å²) in [4.78, 5) is 4.09. The minimum Gasteiger partial charge on any atom is -0.381 e. The molecular weight excluding hydrogens is 318 g/mol. The van der Waals surface area contributed by atoms with Crippen LogP contribution in [0.5, 0.6) is 0 Å². The predicted molar refractivity (Wildman–Crippen MR) is 107 cm³/mol. The van der Waals surface area contributed by atoms with E-state index in [0.29, 0.717) is 0 Å². The number of nitrogens with zero attached hydrogens (tertiary/aromatic N) is 2. The van der Waals surface area contributed by atoms with Gasteiger partial charge in [0.2, 0.25) is 0 Å². The lowest BCUT2D eigenvalue weighted by molar-refractivity contribution is 0.797. The minimum absolute atomic E-state index is 0.809. The minimum atomic E-state index is 0.809. The summed E-state index contributed by atoms with van der Waals surface area (Å²) in [5, 5.41) is 3.52. The van der Waals surface area contributed by atoms with E-state index in [2.05, 4.69) is 87.7 Å². The maximum atomic E-state index is 4.09. The molecule has 26 heavy (non-hydrogen) atoms. The zero-order valence-electron chi connectivity index (χ0n) is 14.5. The average molecular weight is 339 g/mol. The van der Waals surface area contributed by atoms with E-state index in [1.54, 1.807) is 6.20 Å². The summed E-state index contributed by atoms with van der Waals surface area (Å²) >= 11 is 0. The first-order valence-electron chi connectivity index (χ1n) is 8.80. The highest BCUT2D eigenvalue weighted by molar-refractivity contribution is 5.63. The molecule has 0 radical (unpaired) electrons. The third-order valence-electron chi connectivity index (χ3n) is 4.41. The Morgan fingerprint density at radius 3 is 2.35 bits per heavy atom. The molecule has 0 saturated heterocycles. The van der Waals surface area contributed by atoms with Gasteiger partial charge in [0.15, 0.2) is 0 Å². The molecule has 1 aromatic heterocycles. The van der Waals surface area contributed by atoms with E-state index in [4.69, 9.17) is 0 Å². The number of anilines is 1. The molecular formula is C23H21N3. The van der Waals surface area contributed by atoms with E-state index in [1.165, 1.54) is 22.3 Å². The van der Waals surface area contributed by atoms with Crippen molar-refractivity contribution in [2.45, 2.75) is 13.1 Å². The Labute approximate surface area is 154 Å². The van der Waals surface area contributed by atoms with Crippen LogP contribution in [0, 0.1) is 0 Å². The topological polar surface area (TPSA) is 29.9 Å². The van der Waals surface area contributed by atoms with Crippen LogP contribution in [0.15, 0.2) is 97.6 Å². The number of rotatable bonds is 6. The zero-order valence-corrected chi connectivity index (χ0v) is 14.5. The fourth-order valence-electron chi connectivity index (χ4n) is 3.02. The molecule has 0 aliphatic rings. The molecule has 1 N–H and O–H groups in total. The maximum Gasteiger partial charge on any atom is 0.0949 e. The van der Waals surface area contributed by atoms with Crippen molar-refractivity contribution < 1.29 is 0 Å². The lowest BCUT2D eigenvalue weighted by Gasteiger charge is -2.10. The second kappa shape index (κ2) is 7.70. The molecule has 4 aromatic rings. The molecule has 0 aliphatic carbocycles. The largest absolute Gasteiger partial charge is 0.381 e. The molecule has 3 nitrogen and oxygen atoms in total. The lowest BCUT2D eigenvalue weighted by Crippen LogP contribution is -2.01. The van der Waals surface area contributed by atoms with Crippen LogP contribution in [0.3, 0.4) is 0 Å². The van der Waals surface area contributed by atoms with Gasteiger partial charge in [0, 0.05) is 31.2 Å². The van der Waals surface area contributed by atoms with Gasteiger partial charge in [-0.15, -0.1) is 0 Å². The highest BCUT2D eigenvalue weighted by Gasteiger charge is 2.00. The van der Waals surface area contributed by atoms with Crippen LogP contribution >= 0.6 is 0 Å². The van der Waals surface area contributed by atoms with Crippen LogP contribution in [0.4, 0.5) is 5.69 Å². The summed E-state index contributed by atoms with van der Waals surface area (Å²) in [6.45, 7) is 1.64. The van der Waals surface area contributed by atoms with Gasteiger partial charge < -0.3 is 9.88 Å². The van der Waals surface area contributed by atoms with Gasteiger partial charge in [-0.1, -0.05) is 66.7 Å². The van der Waals surface area contributed by atoms with Gasteiger partial charge in [0.05, 0.1) is 6.33 Å². The number of aromatic nitrogens is 2. The molecule has 0 amide bonds. The van der Waals surface area contributed by atoms with Crippen LogP contribution in [-0.2, 0) is 13.1 Å². The molecule has 0 unspecified atom stereocenters. The van der Waals surface area contributed by atoms with Crippen molar-refractivity contribution in [3.05, 3.63) is 109 Å². The zero-order chi connectivity index (χ0) is 17.6. The Kier molecular flexibility index (Phi) is 4.79. The third kappa shape index (κ3) is 4.01. The molecule has 0 aliphatic heterocycles. The van der Waals surface area contributed by atoms with E-state index in [-0.39, 0.29) is 0 Å². The summed E-state index contributed by atoms with van der Waals surface area (Å²) in [7, 11) is 0. The fourth-order valence-corrected chi connectivity index (χ4v) is 3.02. The van der Waals surface area contributed by atoms with Crippen molar-refractivity contribution in [3.63, 3.8) is 0 Å². The Hall–Kier alpha value is -3.33. The van der Waals surface area contributed by atoms with Gasteiger partial charge in [-0.3, -0.25) is 0 Å². The second-order valence-electron chi connectivity index (χ2n) is 6.35. The van der Waals surface area contributed by atoms with E-state index in [9.17, 15) is 0 Å². The molecule has 0 spiro atoms. The summed E-state index contributed by atoms with van der Waals surface area (Å²) in [5.41, 5.74) is 6.16. The first-order valence-corrected chi connectivity index (χ1v) is 8.80. The van der Waals surface area contributed by atoms with Gasteiger partial charge in [0.25, 0.3) is 0 Å². The molecule has 3 aromatic carbocycles. The molecule has 128 valence electrons. The molecule has 1 heterocycles. The van der Waals surface area contributed by atoms with Gasteiger partial charge >= 0.3 is 0 Å². The van der Waals surface area contributed by atoms with Crippen molar-refractivity contribution in [2.24, 2.45) is 0 Å². The number of imidazole rings is 1. The second-order valence-corrected chi connectivity index (χ2v) is 6.35. The average Bonchev–Trinajstić information content (AvgIpc) is 3.21. The van der Waals surface area contributed by atoms with Crippen molar-refractivity contribution in [1.29, 1.82) is 0 Å². The van der Waals surface area contributed by atoms with Crippen molar-refractivity contribution in [2.75, 3.05) is 5.32 Å². The van der Waals surface area contributed by atoms with Gasteiger partial charge in [0.1, 0.15) is 0 Å². The lowest BCUT2D eigenvalue weighted by atomic mass is 10.0. The van der Waals surface area contributed by atoms with E-state index >= 15 is 0 Å². The molecule has 4 rings (SSSR count). The highest BCUT2D eigenvalue weighted by atomic mass is 15.0. The monoisotopic (exact) mass is 339 g/mol. The molecule has 0 fully saturated rings. The standard InChI is InChI=1S/C23H21N3/c1-2-6-21(7-3-1)22-11-9-19(10-12-22)16-25-23-8-4-5-20(15-23)17-26-14-13-24-18-26/h1-15,18,25H,16-17H2.